The fourth-order valence-electron chi connectivity index (χ4n) is 2.25. The summed E-state index contributed by atoms with van der Waals surface area (Å²) in [7, 11) is 0. The highest BCUT2D eigenvalue weighted by molar-refractivity contribution is 5.26. The minimum Gasteiger partial charge on any atom is -0.316 e. The number of rotatable bonds is 3. The average molecular weight is 261 g/mol. The molecule has 0 aromatic heterocycles. The Morgan fingerprint density at radius 2 is 2.11 bits per heavy atom. The van der Waals surface area contributed by atoms with Gasteiger partial charge in [-0.3, -0.25) is 0 Å². The van der Waals surface area contributed by atoms with Crippen molar-refractivity contribution in [2.24, 2.45) is 5.92 Å². The third-order valence-corrected chi connectivity index (χ3v) is 3.29. The third kappa shape index (κ3) is 3.22. The molecule has 0 radical (unpaired) electrons. The van der Waals surface area contributed by atoms with Crippen LogP contribution in [0, 0.1) is 5.92 Å². The van der Waals surface area contributed by atoms with E-state index in [4.69, 9.17) is 0 Å². The van der Waals surface area contributed by atoms with E-state index in [0.29, 0.717) is 12.1 Å². The molecule has 2 unspecified atom stereocenters. The molecule has 1 nitrogen and oxygen atoms in total. The molecule has 5 heteroatoms. The molecular weight excluding hydrogens is 246 g/mol. The van der Waals surface area contributed by atoms with Crippen molar-refractivity contribution in [2.75, 3.05) is 13.1 Å². The monoisotopic (exact) mass is 261 g/mol. The molecule has 1 fully saturated rings. The molecule has 0 amide bonds. The van der Waals surface area contributed by atoms with E-state index in [0.717, 1.165) is 25.1 Å². The van der Waals surface area contributed by atoms with Crippen LogP contribution in [0.15, 0.2) is 24.3 Å². The topological polar surface area (TPSA) is 12.0 Å². The van der Waals surface area contributed by atoms with E-state index in [1.54, 1.807) is 6.07 Å². The van der Waals surface area contributed by atoms with E-state index in [1.165, 1.54) is 6.07 Å². The molecular formula is C13H15F4N. The maximum atomic E-state index is 13.9. The van der Waals surface area contributed by atoms with Gasteiger partial charge in [-0.1, -0.05) is 18.2 Å². The van der Waals surface area contributed by atoms with Gasteiger partial charge in [0.2, 0.25) is 0 Å². The summed E-state index contributed by atoms with van der Waals surface area (Å²) in [6, 6.07) is 4.92. The zero-order valence-corrected chi connectivity index (χ0v) is 9.80. The Morgan fingerprint density at radius 3 is 2.72 bits per heavy atom. The fraction of sp³-hybridized carbons (Fsp3) is 0.538. The molecule has 18 heavy (non-hydrogen) atoms. The summed E-state index contributed by atoms with van der Waals surface area (Å²) in [6.07, 6.45) is -4.64. The molecule has 0 aliphatic carbocycles. The van der Waals surface area contributed by atoms with Gasteiger partial charge in [-0.25, -0.2) is 4.39 Å². The van der Waals surface area contributed by atoms with Gasteiger partial charge in [0.05, 0.1) is 5.56 Å². The van der Waals surface area contributed by atoms with Crippen molar-refractivity contribution in [1.29, 1.82) is 0 Å². The predicted molar refractivity (Wildman–Crippen MR) is 61.0 cm³/mol. The van der Waals surface area contributed by atoms with Crippen LogP contribution in [0.1, 0.15) is 17.5 Å². The molecule has 1 aromatic rings. The maximum Gasteiger partial charge on any atom is 0.416 e. The molecule has 1 aromatic carbocycles. The highest BCUT2D eigenvalue weighted by Crippen LogP contribution is 2.30. The Labute approximate surface area is 103 Å². The van der Waals surface area contributed by atoms with Gasteiger partial charge in [0.1, 0.15) is 6.17 Å². The summed E-state index contributed by atoms with van der Waals surface area (Å²) in [5.41, 5.74) is -0.305. The minimum atomic E-state index is -4.36. The fourth-order valence-corrected chi connectivity index (χ4v) is 2.25. The first kappa shape index (κ1) is 13.3. The molecule has 0 saturated carbocycles. The second-order valence-electron chi connectivity index (χ2n) is 4.67. The zero-order chi connectivity index (χ0) is 13.2. The van der Waals surface area contributed by atoms with Crippen LogP contribution in [-0.2, 0) is 12.6 Å². The van der Waals surface area contributed by atoms with Crippen LogP contribution in [0.4, 0.5) is 17.6 Å². The van der Waals surface area contributed by atoms with E-state index < -0.39 is 17.9 Å². The molecule has 0 bridgehead atoms. The van der Waals surface area contributed by atoms with E-state index in [-0.39, 0.29) is 12.3 Å². The lowest BCUT2D eigenvalue weighted by Gasteiger charge is -2.15. The Kier molecular flexibility index (Phi) is 3.90. The van der Waals surface area contributed by atoms with E-state index in [1.807, 2.05) is 0 Å². The first-order valence-electron chi connectivity index (χ1n) is 5.98. The molecule has 100 valence electrons. The van der Waals surface area contributed by atoms with Gasteiger partial charge in [0, 0.05) is 18.9 Å². The van der Waals surface area contributed by atoms with Crippen LogP contribution in [-0.4, -0.2) is 19.3 Å². The highest BCUT2D eigenvalue weighted by atomic mass is 19.4. The molecule has 2 rings (SSSR count). The van der Waals surface area contributed by atoms with Crippen molar-refractivity contribution in [1.82, 2.24) is 5.32 Å². The maximum absolute atomic E-state index is 13.9. The van der Waals surface area contributed by atoms with Crippen molar-refractivity contribution in [2.45, 2.75) is 25.2 Å². The predicted octanol–water partition coefficient (Wildman–Crippen LogP) is 3.20. The Hall–Kier alpha value is -1.10. The Morgan fingerprint density at radius 1 is 1.33 bits per heavy atom. The molecule has 1 saturated heterocycles. The van der Waals surface area contributed by atoms with Crippen LogP contribution in [0.2, 0.25) is 0 Å². The second kappa shape index (κ2) is 5.26. The normalized spacial score (nSPS) is 22.1. The molecule has 2 atom stereocenters. The number of alkyl halides is 4. The Balaban J connectivity index is 2.04. The quantitative estimate of drug-likeness (QED) is 0.824. The van der Waals surface area contributed by atoms with Gasteiger partial charge < -0.3 is 5.32 Å². The summed E-state index contributed by atoms with van der Waals surface area (Å²) >= 11 is 0. The van der Waals surface area contributed by atoms with Crippen molar-refractivity contribution < 1.29 is 17.6 Å². The molecule has 1 heterocycles. The molecule has 0 spiro atoms. The molecule has 1 aliphatic heterocycles. The van der Waals surface area contributed by atoms with Crippen LogP contribution < -0.4 is 5.32 Å². The molecule has 1 N–H and O–H groups in total. The van der Waals surface area contributed by atoms with Crippen LogP contribution in [0.5, 0.6) is 0 Å². The van der Waals surface area contributed by atoms with Gasteiger partial charge in [-0.2, -0.15) is 13.2 Å². The van der Waals surface area contributed by atoms with Gasteiger partial charge in [-0.05, 0) is 24.6 Å². The first-order valence-corrected chi connectivity index (χ1v) is 5.98. The number of hydrogen-bond donors (Lipinski definition) is 1. The van der Waals surface area contributed by atoms with Crippen LogP contribution in [0.25, 0.3) is 0 Å². The average Bonchev–Trinajstić information content (AvgIpc) is 2.81. The van der Waals surface area contributed by atoms with E-state index >= 15 is 0 Å². The Bertz CT molecular complexity index is 396. The summed E-state index contributed by atoms with van der Waals surface area (Å²) < 4.78 is 51.4. The summed E-state index contributed by atoms with van der Waals surface area (Å²) in [6.45, 7) is 1.40. The largest absolute Gasteiger partial charge is 0.416 e. The lowest BCUT2D eigenvalue weighted by atomic mass is 9.96. The van der Waals surface area contributed by atoms with Gasteiger partial charge in [0.25, 0.3) is 0 Å². The number of hydrogen-bond acceptors (Lipinski definition) is 1. The number of halogens is 4. The molecule has 1 aliphatic rings. The SMILES string of the molecule is FC(Cc1cccc(C(F)(F)F)c1)C1CCNC1. The van der Waals surface area contributed by atoms with Crippen molar-refractivity contribution in [3.05, 3.63) is 35.4 Å². The van der Waals surface area contributed by atoms with Crippen molar-refractivity contribution >= 4 is 0 Å². The van der Waals surface area contributed by atoms with Crippen LogP contribution >= 0.6 is 0 Å². The van der Waals surface area contributed by atoms with Gasteiger partial charge in [0.15, 0.2) is 0 Å². The second-order valence-corrected chi connectivity index (χ2v) is 4.67. The van der Waals surface area contributed by atoms with Gasteiger partial charge in [-0.15, -0.1) is 0 Å². The van der Waals surface area contributed by atoms with Crippen molar-refractivity contribution in [3.8, 4) is 0 Å². The van der Waals surface area contributed by atoms with Crippen molar-refractivity contribution in [3.63, 3.8) is 0 Å². The summed E-state index contributed by atoms with van der Waals surface area (Å²) in [5, 5.41) is 3.05. The third-order valence-electron chi connectivity index (χ3n) is 3.29. The number of nitrogens with one attached hydrogen (secondary N) is 1. The standard InChI is InChI=1S/C13H15F4N/c14-12(10-4-5-18-8-10)7-9-2-1-3-11(6-9)13(15,16)17/h1-3,6,10,12,18H,4-5,7-8H2. The first-order chi connectivity index (χ1) is 8.47. The summed E-state index contributed by atoms with van der Waals surface area (Å²) in [4.78, 5) is 0. The lowest BCUT2D eigenvalue weighted by Crippen LogP contribution is -2.21. The van der Waals surface area contributed by atoms with E-state index in [2.05, 4.69) is 5.32 Å². The van der Waals surface area contributed by atoms with Crippen LogP contribution in [0.3, 0.4) is 0 Å². The smallest absolute Gasteiger partial charge is 0.316 e. The highest BCUT2D eigenvalue weighted by Gasteiger charge is 2.31. The van der Waals surface area contributed by atoms with Gasteiger partial charge >= 0.3 is 6.18 Å². The number of benzene rings is 1. The van der Waals surface area contributed by atoms with E-state index in [9.17, 15) is 17.6 Å². The lowest BCUT2D eigenvalue weighted by molar-refractivity contribution is -0.137. The minimum absolute atomic E-state index is 0.0519. The zero-order valence-electron chi connectivity index (χ0n) is 9.80. The summed E-state index contributed by atoms with van der Waals surface area (Å²) in [5.74, 6) is -0.0838.